The minimum atomic E-state index is -0.905. The van der Waals surface area contributed by atoms with Crippen molar-refractivity contribution in [3.63, 3.8) is 0 Å². The second kappa shape index (κ2) is 7.70. The fourth-order valence-corrected chi connectivity index (χ4v) is 3.06. The van der Waals surface area contributed by atoms with Gasteiger partial charge in [-0.15, -0.1) is 11.8 Å². The Morgan fingerprint density at radius 3 is 2.48 bits per heavy atom. The van der Waals surface area contributed by atoms with Crippen LogP contribution in [-0.4, -0.2) is 18.2 Å². The first-order chi connectivity index (χ1) is 11.0. The molecule has 0 aliphatic heterocycles. The maximum absolute atomic E-state index is 11.6. The number of hydrogen-bond donors (Lipinski definition) is 1. The number of nitrogens with zero attached hydrogens (tertiary/aromatic N) is 1. The van der Waals surface area contributed by atoms with E-state index in [1.807, 2.05) is 31.2 Å². The molecular formula is C18H17NO3S. The summed E-state index contributed by atoms with van der Waals surface area (Å²) in [5.74, 6) is -0.451. The van der Waals surface area contributed by atoms with Crippen LogP contribution in [0.25, 0.3) is 0 Å². The van der Waals surface area contributed by atoms with Crippen LogP contribution in [0.2, 0.25) is 0 Å². The standard InChI is InChI=1S/C18H17NO3S/c1-12(11-19)13-6-8-16(9-7-13)23-17(18(20)21)14-4-3-5-15(10-14)22-2/h3-10,12,17H,1-2H3,(H,20,21). The Hall–Kier alpha value is -2.45. The van der Waals surface area contributed by atoms with Crippen molar-refractivity contribution in [1.82, 2.24) is 0 Å². The predicted octanol–water partition coefficient (Wildman–Crippen LogP) is 4.24. The first-order valence-corrected chi connectivity index (χ1v) is 7.96. The molecule has 0 fully saturated rings. The molecule has 0 aliphatic carbocycles. The van der Waals surface area contributed by atoms with E-state index in [1.54, 1.807) is 31.4 Å². The Morgan fingerprint density at radius 1 is 1.22 bits per heavy atom. The van der Waals surface area contributed by atoms with Crippen molar-refractivity contribution >= 4 is 17.7 Å². The number of nitriles is 1. The van der Waals surface area contributed by atoms with E-state index in [0.29, 0.717) is 11.3 Å². The molecule has 2 unspecified atom stereocenters. The van der Waals surface area contributed by atoms with Gasteiger partial charge in [0.05, 0.1) is 19.1 Å². The lowest BCUT2D eigenvalue weighted by Crippen LogP contribution is -2.08. The molecular weight excluding hydrogens is 310 g/mol. The number of thioether (sulfide) groups is 1. The summed E-state index contributed by atoms with van der Waals surface area (Å²) in [4.78, 5) is 12.5. The van der Waals surface area contributed by atoms with Crippen LogP contribution in [0.1, 0.15) is 29.2 Å². The minimum Gasteiger partial charge on any atom is -0.497 e. The summed E-state index contributed by atoms with van der Waals surface area (Å²) < 4.78 is 5.16. The Bertz CT molecular complexity index is 722. The Morgan fingerprint density at radius 2 is 1.91 bits per heavy atom. The molecule has 2 aromatic rings. The van der Waals surface area contributed by atoms with Gasteiger partial charge in [-0.2, -0.15) is 5.26 Å². The summed E-state index contributed by atoms with van der Waals surface area (Å²) in [6.45, 7) is 1.83. The first-order valence-electron chi connectivity index (χ1n) is 7.08. The van der Waals surface area contributed by atoms with Crippen LogP contribution >= 0.6 is 11.8 Å². The SMILES string of the molecule is COc1cccc(C(Sc2ccc(C(C)C#N)cc2)C(=O)O)c1. The molecule has 0 saturated carbocycles. The van der Waals surface area contributed by atoms with Gasteiger partial charge in [-0.1, -0.05) is 24.3 Å². The molecule has 0 spiro atoms. The monoisotopic (exact) mass is 327 g/mol. The van der Waals surface area contributed by atoms with Crippen LogP contribution in [0.3, 0.4) is 0 Å². The third kappa shape index (κ3) is 4.27. The Labute approximate surface area is 139 Å². The van der Waals surface area contributed by atoms with E-state index in [-0.39, 0.29) is 5.92 Å². The summed E-state index contributed by atoms with van der Waals surface area (Å²) in [5.41, 5.74) is 1.60. The van der Waals surface area contributed by atoms with E-state index in [1.165, 1.54) is 11.8 Å². The van der Waals surface area contributed by atoms with Gasteiger partial charge in [0.15, 0.2) is 0 Å². The van der Waals surface area contributed by atoms with Crippen LogP contribution in [0.15, 0.2) is 53.4 Å². The molecule has 1 N–H and O–H groups in total. The van der Waals surface area contributed by atoms with Gasteiger partial charge in [-0.3, -0.25) is 4.79 Å². The number of carboxylic acids is 1. The lowest BCUT2D eigenvalue weighted by molar-refractivity contribution is -0.136. The Kier molecular flexibility index (Phi) is 5.67. The number of carbonyl (C=O) groups is 1. The molecule has 2 rings (SSSR count). The van der Waals surface area contributed by atoms with Crippen molar-refractivity contribution in [2.75, 3.05) is 7.11 Å². The van der Waals surface area contributed by atoms with E-state index in [0.717, 1.165) is 10.5 Å². The van der Waals surface area contributed by atoms with Crippen molar-refractivity contribution in [2.45, 2.75) is 23.0 Å². The first kappa shape index (κ1) is 16.9. The number of methoxy groups -OCH3 is 1. The largest absolute Gasteiger partial charge is 0.497 e. The van der Waals surface area contributed by atoms with Crippen LogP contribution in [0.5, 0.6) is 5.75 Å². The summed E-state index contributed by atoms with van der Waals surface area (Å²) >= 11 is 1.26. The van der Waals surface area contributed by atoms with Crippen LogP contribution in [-0.2, 0) is 4.79 Å². The Balaban J connectivity index is 2.23. The molecule has 0 aliphatic rings. The number of ether oxygens (including phenoxy) is 1. The lowest BCUT2D eigenvalue weighted by atomic mass is 10.0. The quantitative estimate of drug-likeness (QED) is 0.804. The molecule has 0 heterocycles. The van der Waals surface area contributed by atoms with Crippen molar-refractivity contribution in [3.8, 4) is 11.8 Å². The molecule has 0 saturated heterocycles. The van der Waals surface area contributed by atoms with Gasteiger partial charge in [0.2, 0.25) is 0 Å². The number of benzene rings is 2. The van der Waals surface area contributed by atoms with Gasteiger partial charge in [0.25, 0.3) is 0 Å². The average molecular weight is 327 g/mol. The molecule has 0 amide bonds. The van der Waals surface area contributed by atoms with E-state index in [2.05, 4.69) is 6.07 Å². The molecule has 4 nitrogen and oxygen atoms in total. The van der Waals surface area contributed by atoms with E-state index >= 15 is 0 Å². The van der Waals surface area contributed by atoms with Crippen molar-refractivity contribution < 1.29 is 14.6 Å². The highest BCUT2D eigenvalue weighted by Crippen LogP contribution is 2.37. The molecule has 2 atom stereocenters. The van der Waals surface area contributed by atoms with Gasteiger partial charge < -0.3 is 9.84 Å². The highest BCUT2D eigenvalue weighted by Gasteiger charge is 2.22. The molecule has 2 aromatic carbocycles. The summed E-state index contributed by atoms with van der Waals surface area (Å²) in [6.07, 6.45) is 0. The van der Waals surface area contributed by atoms with Gasteiger partial charge in [-0.25, -0.2) is 0 Å². The molecule has 0 radical (unpaired) electrons. The van der Waals surface area contributed by atoms with Crippen molar-refractivity contribution in [3.05, 3.63) is 59.7 Å². The molecule has 5 heteroatoms. The topological polar surface area (TPSA) is 70.3 Å². The summed E-state index contributed by atoms with van der Waals surface area (Å²) in [6, 6.07) is 16.7. The highest BCUT2D eigenvalue weighted by molar-refractivity contribution is 8.00. The number of rotatable bonds is 6. The van der Waals surface area contributed by atoms with E-state index in [4.69, 9.17) is 10.00 Å². The van der Waals surface area contributed by atoms with Gasteiger partial charge in [0, 0.05) is 4.90 Å². The van der Waals surface area contributed by atoms with E-state index < -0.39 is 11.2 Å². The fraction of sp³-hybridized carbons (Fsp3) is 0.222. The van der Waals surface area contributed by atoms with Gasteiger partial charge in [-0.05, 0) is 42.3 Å². The summed E-state index contributed by atoms with van der Waals surface area (Å²) in [5, 5.41) is 17.7. The van der Waals surface area contributed by atoms with Crippen LogP contribution in [0, 0.1) is 11.3 Å². The second-order valence-electron chi connectivity index (χ2n) is 5.03. The molecule has 0 aromatic heterocycles. The zero-order valence-corrected chi connectivity index (χ0v) is 13.7. The maximum atomic E-state index is 11.6. The number of carboxylic acid groups (broad SMARTS) is 1. The van der Waals surface area contributed by atoms with Crippen molar-refractivity contribution in [2.24, 2.45) is 0 Å². The van der Waals surface area contributed by atoms with Gasteiger partial charge in [0.1, 0.15) is 11.0 Å². The fourth-order valence-electron chi connectivity index (χ4n) is 2.11. The van der Waals surface area contributed by atoms with Gasteiger partial charge >= 0.3 is 5.97 Å². The lowest BCUT2D eigenvalue weighted by Gasteiger charge is -2.14. The van der Waals surface area contributed by atoms with E-state index in [9.17, 15) is 9.90 Å². The van der Waals surface area contributed by atoms with Crippen LogP contribution in [0.4, 0.5) is 0 Å². The normalized spacial score (nSPS) is 12.9. The van der Waals surface area contributed by atoms with Crippen LogP contribution < -0.4 is 4.74 Å². The number of hydrogen-bond acceptors (Lipinski definition) is 4. The predicted molar refractivity (Wildman–Crippen MR) is 89.7 cm³/mol. The average Bonchev–Trinajstić information content (AvgIpc) is 2.59. The summed E-state index contributed by atoms with van der Waals surface area (Å²) in [7, 11) is 1.55. The third-order valence-electron chi connectivity index (χ3n) is 3.45. The minimum absolute atomic E-state index is 0.178. The second-order valence-corrected chi connectivity index (χ2v) is 6.21. The zero-order valence-electron chi connectivity index (χ0n) is 12.9. The smallest absolute Gasteiger partial charge is 0.321 e. The highest BCUT2D eigenvalue weighted by atomic mass is 32.2. The molecule has 118 valence electrons. The number of aliphatic carboxylic acids is 1. The molecule has 23 heavy (non-hydrogen) atoms. The van der Waals surface area contributed by atoms with Crippen molar-refractivity contribution in [1.29, 1.82) is 5.26 Å². The maximum Gasteiger partial charge on any atom is 0.321 e. The third-order valence-corrected chi connectivity index (χ3v) is 4.70. The zero-order chi connectivity index (χ0) is 16.8. The molecule has 0 bridgehead atoms.